The van der Waals surface area contributed by atoms with Gasteiger partial charge < -0.3 is 15.7 Å². The van der Waals surface area contributed by atoms with E-state index in [0.29, 0.717) is 6.54 Å². The number of aliphatic hydroxyl groups excluding tert-OH is 1. The summed E-state index contributed by atoms with van der Waals surface area (Å²) in [6, 6.07) is 9.89. The van der Waals surface area contributed by atoms with Gasteiger partial charge in [-0.3, -0.25) is 4.98 Å². The van der Waals surface area contributed by atoms with Crippen LogP contribution in [0.5, 0.6) is 0 Å². The number of amides is 2. The van der Waals surface area contributed by atoms with Crippen LogP contribution in [-0.2, 0) is 6.54 Å². The van der Waals surface area contributed by atoms with Gasteiger partial charge >= 0.3 is 6.03 Å². The Kier molecular flexibility index (Phi) is 4.53. The first-order valence-electron chi connectivity index (χ1n) is 7.77. The number of rotatable bonds is 3. The van der Waals surface area contributed by atoms with Crippen LogP contribution in [-0.4, -0.2) is 28.3 Å². The van der Waals surface area contributed by atoms with Crippen LogP contribution in [0.4, 0.5) is 4.79 Å². The molecule has 0 bridgehead atoms. The van der Waals surface area contributed by atoms with Crippen LogP contribution >= 0.6 is 0 Å². The number of fused-ring (bicyclic) bond motifs is 1. The van der Waals surface area contributed by atoms with Crippen LogP contribution in [0, 0.1) is 0 Å². The maximum absolute atomic E-state index is 12.0. The molecule has 116 valence electrons. The van der Waals surface area contributed by atoms with Crippen LogP contribution in [0.1, 0.15) is 31.2 Å². The highest BCUT2D eigenvalue weighted by molar-refractivity contribution is 5.82. The number of aromatic nitrogens is 1. The summed E-state index contributed by atoms with van der Waals surface area (Å²) >= 11 is 0. The molecular weight excluding hydrogens is 278 g/mol. The molecule has 1 fully saturated rings. The van der Waals surface area contributed by atoms with E-state index < -0.39 is 0 Å². The molecule has 5 nitrogen and oxygen atoms in total. The van der Waals surface area contributed by atoms with E-state index in [0.717, 1.165) is 42.1 Å². The standard InChI is InChI=1S/C17H21N3O2/c21-15-8-6-14(7-9-15)20-17(22)19-11-13-4-1-3-12-5-2-10-18-16(12)13/h1-5,10,14-15,21H,6-9,11H2,(H2,19,20,22). The van der Waals surface area contributed by atoms with Gasteiger partial charge in [0.1, 0.15) is 0 Å². The molecule has 1 aliphatic rings. The molecular formula is C17H21N3O2. The Hall–Kier alpha value is -2.14. The first-order chi connectivity index (χ1) is 10.7. The Morgan fingerprint density at radius 1 is 1.18 bits per heavy atom. The quantitative estimate of drug-likeness (QED) is 0.814. The summed E-state index contributed by atoms with van der Waals surface area (Å²) in [6.07, 6.45) is 4.76. The molecule has 3 N–H and O–H groups in total. The molecule has 1 aromatic carbocycles. The molecule has 1 aliphatic carbocycles. The summed E-state index contributed by atoms with van der Waals surface area (Å²) in [5.74, 6) is 0. The monoisotopic (exact) mass is 299 g/mol. The summed E-state index contributed by atoms with van der Waals surface area (Å²) in [4.78, 5) is 16.4. The Bertz CT molecular complexity index is 646. The lowest BCUT2D eigenvalue weighted by Gasteiger charge is -2.26. The number of carbonyl (C=O) groups is 1. The summed E-state index contributed by atoms with van der Waals surface area (Å²) in [6.45, 7) is 0.454. The van der Waals surface area contributed by atoms with Crippen molar-refractivity contribution in [2.45, 2.75) is 44.4 Å². The van der Waals surface area contributed by atoms with E-state index >= 15 is 0 Å². The van der Waals surface area contributed by atoms with Crippen molar-refractivity contribution < 1.29 is 9.90 Å². The van der Waals surface area contributed by atoms with E-state index in [1.54, 1.807) is 6.20 Å². The number of para-hydroxylation sites is 1. The van der Waals surface area contributed by atoms with E-state index in [1.807, 2.05) is 30.3 Å². The fourth-order valence-corrected chi connectivity index (χ4v) is 2.94. The number of aliphatic hydroxyl groups is 1. The lowest BCUT2D eigenvalue weighted by molar-refractivity contribution is 0.117. The average molecular weight is 299 g/mol. The molecule has 1 heterocycles. The van der Waals surface area contributed by atoms with Crippen molar-refractivity contribution in [3.63, 3.8) is 0 Å². The number of hydrogen-bond donors (Lipinski definition) is 3. The Morgan fingerprint density at radius 2 is 1.95 bits per heavy atom. The predicted molar refractivity (Wildman–Crippen MR) is 85.4 cm³/mol. The van der Waals surface area contributed by atoms with Gasteiger partial charge in [-0.05, 0) is 37.3 Å². The zero-order valence-corrected chi connectivity index (χ0v) is 12.5. The zero-order chi connectivity index (χ0) is 15.4. The maximum Gasteiger partial charge on any atom is 0.315 e. The first kappa shape index (κ1) is 14.8. The number of benzene rings is 1. The molecule has 2 amide bonds. The molecule has 3 rings (SSSR count). The van der Waals surface area contributed by atoms with Gasteiger partial charge in [0.15, 0.2) is 0 Å². The first-order valence-corrected chi connectivity index (χ1v) is 7.77. The molecule has 0 saturated heterocycles. The normalized spacial score (nSPS) is 21.5. The highest BCUT2D eigenvalue weighted by atomic mass is 16.3. The third-order valence-electron chi connectivity index (χ3n) is 4.19. The summed E-state index contributed by atoms with van der Waals surface area (Å²) in [7, 11) is 0. The van der Waals surface area contributed by atoms with Crippen molar-refractivity contribution in [1.29, 1.82) is 0 Å². The Labute approximate surface area is 129 Å². The predicted octanol–water partition coefficient (Wildman–Crippen LogP) is 2.34. The summed E-state index contributed by atoms with van der Waals surface area (Å²) in [5, 5.41) is 16.4. The van der Waals surface area contributed by atoms with Gasteiger partial charge in [-0.1, -0.05) is 24.3 Å². The molecule has 1 saturated carbocycles. The molecule has 1 aromatic heterocycles. The molecule has 0 atom stereocenters. The van der Waals surface area contributed by atoms with Gasteiger partial charge in [-0.2, -0.15) is 0 Å². The van der Waals surface area contributed by atoms with Crippen molar-refractivity contribution in [2.24, 2.45) is 0 Å². The van der Waals surface area contributed by atoms with Gasteiger partial charge in [-0.25, -0.2) is 4.79 Å². The molecule has 22 heavy (non-hydrogen) atoms. The number of nitrogens with zero attached hydrogens (tertiary/aromatic N) is 1. The summed E-state index contributed by atoms with van der Waals surface area (Å²) < 4.78 is 0. The minimum Gasteiger partial charge on any atom is -0.393 e. The molecule has 0 radical (unpaired) electrons. The number of urea groups is 1. The number of hydrogen-bond acceptors (Lipinski definition) is 3. The second kappa shape index (κ2) is 6.75. The molecule has 2 aromatic rings. The molecule has 0 aliphatic heterocycles. The molecule has 5 heteroatoms. The minimum atomic E-state index is -0.206. The van der Waals surface area contributed by atoms with Crippen molar-refractivity contribution in [1.82, 2.24) is 15.6 Å². The lowest BCUT2D eigenvalue weighted by Crippen LogP contribution is -2.43. The van der Waals surface area contributed by atoms with Crippen molar-refractivity contribution >= 4 is 16.9 Å². The SMILES string of the molecule is O=C(NCc1cccc2cccnc12)NC1CCC(O)CC1. The largest absolute Gasteiger partial charge is 0.393 e. The molecule has 0 spiro atoms. The van der Waals surface area contributed by atoms with E-state index in [9.17, 15) is 9.90 Å². The third kappa shape index (κ3) is 3.54. The van der Waals surface area contributed by atoms with Crippen molar-refractivity contribution in [2.75, 3.05) is 0 Å². The van der Waals surface area contributed by atoms with Gasteiger partial charge in [0.25, 0.3) is 0 Å². The van der Waals surface area contributed by atoms with E-state index in [1.165, 1.54) is 0 Å². The highest BCUT2D eigenvalue weighted by Crippen LogP contribution is 2.18. The van der Waals surface area contributed by atoms with Gasteiger partial charge in [-0.15, -0.1) is 0 Å². The van der Waals surface area contributed by atoms with E-state index in [2.05, 4.69) is 15.6 Å². The van der Waals surface area contributed by atoms with E-state index in [4.69, 9.17) is 0 Å². The van der Waals surface area contributed by atoms with Gasteiger partial charge in [0.2, 0.25) is 0 Å². The van der Waals surface area contributed by atoms with Gasteiger partial charge in [0, 0.05) is 24.2 Å². The second-order valence-electron chi connectivity index (χ2n) is 5.82. The number of pyridine rings is 1. The zero-order valence-electron chi connectivity index (χ0n) is 12.5. The minimum absolute atomic E-state index is 0.158. The number of carbonyl (C=O) groups excluding carboxylic acids is 1. The second-order valence-corrected chi connectivity index (χ2v) is 5.82. The Balaban J connectivity index is 1.56. The molecule has 0 unspecified atom stereocenters. The van der Waals surface area contributed by atoms with Crippen molar-refractivity contribution in [3.05, 3.63) is 42.1 Å². The van der Waals surface area contributed by atoms with Crippen LogP contribution in [0.15, 0.2) is 36.5 Å². The van der Waals surface area contributed by atoms with Gasteiger partial charge in [0.05, 0.1) is 11.6 Å². The fraction of sp³-hybridized carbons (Fsp3) is 0.412. The van der Waals surface area contributed by atoms with Crippen LogP contribution in [0.2, 0.25) is 0 Å². The third-order valence-corrected chi connectivity index (χ3v) is 4.19. The number of nitrogens with one attached hydrogen (secondary N) is 2. The van der Waals surface area contributed by atoms with Crippen molar-refractivity contribution in [3.8, 4) is 0 Å². The van der Waals surface area contributed by atoms with E-state index in [-0.39, 0.29) is 18.2 Å². The summed E-state index contributed by atoms with van der Waals surface area (Å²) in [5.41, 5.74) is 1.93. The topological polar surface area (TPSA) is 74.2 Å². The Morgan fingerprint density at radius 3 is 2.77 bits per heavy atom. The smallest absolute Gasteiger partial charge is 0.315 e. The van der Waals surface area contributed by atoms with Crippen LogP contribution in [0.25, 0.3) is 10.9 Å². The average Bonchev–Trinajstić information content (AvgIpc) is 2.55. The van der Waals surface area contributed by atoms with Crippen LogP contribution in [0.3, 0.4) is 0 Å². The van der Waals surface area contributed by atoms with Crippen LogP contribution < -0.4 is 10.6 Å². The fourth-order valence-electron chi connectivity index (χ4n) is 2.94. The highest BCUT2D eigenvalue weighted by Gasteiger charge is 2.20. The lowest BCUT2D eigenvalue weighted by atomic mass is 9.93. The maximum atomic E-state index is 12.0.